The van der Waals surface area contributed by atoms with Crippen LogP contribution in [0.5, 0.6) is 0 Å². The maximum atomic E-state index is 13.5. The van der Waals surface area contributed by atoms with E-state index in [1.54, 1.807) is 0 Å². The number of benzene rings is 1. The summed E-state index contributed by atoms with van der Waals surface area (Å²) in [5, 5.41) is 0. The van der Waals surface area contributed by atoms with E-state index in [1.807, 2.05) is 0 Å². The highest BCUT2D eigenvalue weighted by Crippen LogP contribution is 2.21. The lowest BCUT2D eigenvalue weighted by atomic mass is 9.99. The van der Waals surface area contributed by atoms with E-state index in [-0.39, 0.29) is 18.2 Å². The number of carbonyl (C=O) groups excluding carboxylic acids is 1. The molecule has 0 N–H and O–H groups in total. The molecule has 3 rings (SSSR count). The van der Waals surface area contributed by atoms with Gasteiger partial charge in [0.05, 0.1) is 18.2 Å². The van der Waals surface area contributed by atoms with E-state index in [0.29, 0.717) is 11.8 Å². The van der Waals surface area contributed by atoms with Gasteiger partial charge < -0.3 is 9.64 Å². The zero-order chi connectivity index (χ0) is 20.1. The van der Waals surface area contributed by atoms with Gasteiger partial charge in [0.15, 0.2) is 0 Å². The van der Waals surface area contributed by atoms with Crippen molar-refractivity contribution in [3.05, 3.63) is 35.9 Å². The van der Waals surface area contributed by atoms with Crippen LogP contribution in [0.1, 0.15) is 39.7 Å². The molecular formula is C23H37N3O2. The Morgan fingerprint density at radius 2 is 1.71 bits per heavy atom. The summed E-state index contributed by atoms with van der Waals surface area (Å²) < 4.78 is 5.89. The first-order valence-corrected chi connectivity index (χ1v) is 10.9. The minimum atomic E-state index is -0.0468. The molecule has 2 aliphatic rings. The van der Waals surface area contributed by atoms with Gasteiger partial charge in [-0.2, -0.15) is 0 Å². The third-order valence-electron chi connectivity index (χ3n) is 5.87. The van der Waals surface area contributed by atoms with Crippen LogP contribution in [0.25, 0.3) is 0 Å². The summed E-state index contributed by atoms with van der Waals surface area (Å²) in [7, 11) is 0. The number of rotatable bonds is 5. The highest BCUT2D eigenvalue weighted by molar-refractivity contribution is 5.82. The first-order chi connectivity index (χ1) is 13.4. The molecule has 2 fully saturated rings. The molecule has 1 aromatic carbocycles. The summed E-state index contributed by atoms with van der Waals surface area (Å²) in [6.45, 7) is 14.9. The second kappa shape index (κ2) is 9.86. The topological polar surface area (TPSA) is 36.0 Å². The summed E-state index contributed by atoms with van der Waals surface area (Å²) in [5.74, 6) is 0.603. The van der Waals surface area contributed by atoms with Crippen LogP contribution in [0, 0.1) is 5.92 Å². The third-order valence-corrected chi connectivity index (χ3v) is 5.87. The van der Waals surface area contributed by atoms with E-state index in [4.69, 9.17) is 4.74 Å². The average molecular weight is 388 g/mol. The quantitative estimate of drug-likeness (QED) is 0.778. The van der Waals surface area contributed by atoms with Crippen LogP contribution in [0.3, 0.4) is 0 Å². The molecule has 3 unspecified atom stereocenters. The SMILES string of the molecule is CC1CN(C(C(=O)N2CCCN(Cc3ccccc3)CC2)C(C)C)CC(C)O1. The molecule has 2 heterocycles. The van der Waals surface area contributed by atoms with Crippen molar-refractivity contribution < 1.29 is 9.53 Å². The van der Waals surface area contributed by atoms with Gasteiger partial charge in [-0.15, -0.1) is 0 Å². The van der Waals surface area contributed by atoms with Gasteiger partial charge >= 0.3 is 0 Å². The number of hydrogen-bond acceptors (Lipinski definition) is 4. The minimum absolute atomic E-state index is 0.0468. The third kappa shape index (κ3) is 5.56. The molecule has 2 saturated heterocycles. The van der Waals surface area contributed by atoms with Crippen LogP contribution in [0.2, 0.25) is 0 Å². The highest BCUT2D eigenvalue weighted by atomic mass is 16.5. The van der Waals surface area contributed by atoms with Gasteiger partial charge in [0.25, 0.3) is 0 Å². The zero-order valence-electron chi connectivity index (χ0n) is 18.0. The summed E-state index contributed by atoms with van der Waals surface area (Å²) in [5.41, 5.74) is 1.35. The number of amides is 1. The van der Waals surface area contributed by atoms with E-state index in [1.165, 1.54) is 5.56 Å². The van der Waals surface area contributed by atoms with Crippen molar-refractivity contribution in [2.75, 3.05) is 39.3 Å². The van der Waals surface area contributed by atoms with E-state index in [2.05, 4.69) is 72.7 Å². The molecule has 1 aromatic rings. The van der Waals surface area contributed by atoms with E-state index >= 15 is 0 Å². The van der Waals surface area contributed by atoms with Crippen LogP contribution < -0.4 is 0 Å². The fraction of sp³-hybridized carbons (Fsp3) is 0.696. The lowest BCUT2D eigenvalue weighted by Crippen LogP contribution is -2.58. The molecule has 1 amide bonds. The molecule has 28 heavy (non-hydrogen) atoms. The largest absolute Gasteiger partial charge is 0.373 e. The number of ether oxygens (including phenoxy) is 1. The van der Waals surface area contributed by atoms with Crippen molar-refractivity contribution in [3.63, 3.8) is 0 Å². The summed E-state index contributed by atoms with van der Waals surface area (Å²) >= 11 is 0. The molecule has 2 aliphatic heterocycles. The molecular weight excluding hydrogens is 350 g/mol. The molecule has 0 radical (unpaired) electrons. The van der Waals surface area contributed by atoms with Gasteiger partial charge in [-0.3, -0.25) is 14.6 Å². The fourth-order valence-electron chi connectivity index (χ4n) is 4.69. The van der Waals surface area contributed by atoms with E-state index < -0.39 is 0 Å². The lowest BCUT2D eigenvalue weighted by molar-refractivity contribution is -0.145. The van der Waals surface area contributed by atoms with Crippen LogP contribution in [0.15, 0.2) is 30.3 Å². The van der Waals surface area contributed by atoms with Gasteiger partial charge in [0.1, 0.15) is 0 Å². The van der Waals surface area contributed by atoms with E-state index in [9.17, 15) is 4.79 Å². The van der Waals surface area contributed by atoms with Gasteiger partial charge in [0.2, 0.25) is 5.91 Å². The maximum absolute atomic E-state index is 13.5. The zero-order valence-corrected chi connectivity index (χ0v) is 18.0. The van der Waals surface area contributed by atoms with Crippen molar-refractivity contribution in [2.45, 2.75) is 58.9 Å². The van der Waals surface area contributed by atoms with Crippen LogP contribution in [-0.4, -0.2) is 78.1 Å². The molecule has 0 saturated carbocycles. The Morgan fingerprint density at radius 1 is 1.04 bits per heavy atom. The number of carbonyl (C=O) groups is 1. The molecule has 5 nitrogen and oxygen atoms in total. The Hall–Kier alpha value is -1.43. The number of morpholine rings is 1. The van der Waals surface area contributed by atoms with Crippen LogP contribution in [0.4, 0.5) is 0 Å². The van der Waals surface area contributed by atoms with Gasteiger partial charge in [-0.05, 0) is 31.7 Å². The number of nitrogens with zero attached hydrogens (tertiary/aromatic N) is 3. The summed E-state index contributed by atoms with van der Waals surface area (Å²) in [6.07, 6.45) is 1.41. The Balaban J connectivity index is 1.62. The van der Waals surface area contributed by atoms with E-state index in [0.717, 1.165) is 52.2 Å². The van der Waals surface area contributed by atoms with Gasteiger partial charge in [-0.25, -0.2) is 0 Å². The lowest BCUT2D eigenvalue weighted by Gasteiger charge is -2.42. The van der Waals surface area contributed by atoms with Gasteiger partial charge in [-0.1, -0.05) is 44.2 Å². The maximum Gasteiger partial charge on any atom is 0.240 e. The first-order valence-electron chi connectivity index (χ1n) is 10.9. The monoisotopic (exact) mass is 387 g/mol. The second-order valence-corrected chi connectivity index (χ2v) is 8.84. The Labute approximate surface area is 170 Å². The van der Waals surface area contributed by atoms with Gasteiger partial charge in [0, 0.05) is 45.8 Å². The molecule has 5 heteroatoms. The predicted octanol–water partition coefficient (Wildman–Crippen LogP) is 2.85. The summed E-state index contributed by atoms with van der Waals surface area (Å²) in [4.78, 5) is 20.4. The molecule has 0 aromatic heterocycles. The normalized spacial score (nSPS) is 26.2. The van der Waals surface area contributed by atoms with Crippen molar-refractivity contribution in [1.29, 1.82) is 0 Å². The molecule has 156 valence electrons. The van der Waals surface area contributed by atoms with Crippen molar-refractivity contribution in [3.8, 4) is 0 Å². The molecule has 3 atom stereocenters. The fourth-order valence-corrected chi connectivity index (χ4v) is 4.69. The molecule has 0 spiro atoms. The molecule has 0 aliphatic carbocycles. The summed E-state index contributed by atoms with van der Waals surface area (Å²) in [6, 6.07) is 10.6. The van der Waals surface area contributed by atoms with Crippen molar-refractivity contribution in [1.82, 2.24) is 14.7 Å². The Morgan fingerprint density at radius 3 is 2.36 bits per heavy atom. The smallest absolute Gasteiger partial charge is 0.240 e. The van der Waals surface area contributed by atoms with Crippen molar-refractivity contribution in [2.24, 2.45) is 5.92 Å². The van der Waals surface area contributed by atoms with Crippen LogP contribution in [-0.2, 0) is 16.1 Å². The number of hydrogen-bond donors (Lipinski definition) is 0. The Bertz CT molecular complexity index is 612. The van der Waals surface area contributed by atoms with Crippen molar-refractivity contribution >= 4 is 5.91 Å². The minimum Gasteiger partial charge on any atom is -0.373 e. The standard InChI is InChI=1S/C23H37N3O2/c1-18(2)22(26-15-19(3)28-20(4)16-26)23(27)25-12-8-11-24(13-14-25)17-21-9-6-5-7-10-21/h5-7,9-10,18-20,22H,8,11-17H2,1-4H3. The Kier molecular flexibility index (Phi) is 7.49. The predicted molar refractivity (Wildman–Crippen MR) is 113 cm³/mol. The highest BCUT2D eigenvalue weighted by Gasteiger charge is 2.36. The average Bonchev–Trinajstić information content (AvgIpc) is 2.87. The molecule has 0 bridgehead atoms. The van der Waals surface area contributed by atoms with Crippen LogP contribution >= 0.6 is 0 Å². The second-order valence-electron chi connectivity index (χ2n) is 8.84. The first kappa shape index (κ1) is 21.3.